The second kappa shape index (κ2) is 8.32. The van der Waals surface area contributed by atoms with Crippen molar-refractivity contribution in [2.24, 2.45) is 11.8 Å². The van der Waals surface area contributed by atoms with Crippen LogP contribution in [0.25, 0.3) is 0 Å². The SMILES string of the molecule is CCCCC(CC)CC(CC)C(O)(O)NC(=O)O. The Kier molecular flexibility index (Phi) is 7.95. The first kappa shape index (κ1) is 17.2. The monoisotopic (exact) mass is 261 g/mol. The number of carboxylic acid groups (broad SMARTS) is 1. The van der Waals surface area contributed by atoms with Crippen LogP contribution in [-0.2, 0) is 0 Å². The molecule has 0 spiro atoms. The predicted molar refractivity (Wildman–Crippen MR) is 70.0 cm³/mol. The highest BCUT2D eigenvalue weighted by atomic mass is 16.5. The molecule has 0 heterocycles. The van der Waals surface area contributed by atoms with Gasteiger partial charge in [-0.05, 0) is 18.8 Å². The van der Waals surface area contributed by atoms with Crippen LogP contribution in [0.15, 0.2) is 0 Å². The average Bonchev–Trinajstić information content (AvgIpc) is 2.27. The van der Waals surface area contributed by atoms with Gasteiger partial charge in [-0.2, -0.15) is 0 Å². The minimum atomic E-state index is -2.33. The van der Waals surface area contributed by atoms with Crippen molar-refractivity contribution in [1.29, 1.82) is 0 Å². The molecule has 4 N–H and O–H groups in total. The molecule has 0 aromatic rings. The van der Waals surface area contributed by atoms with Gasteiger partial charge < -0.3 is 15.3 Å². The Balaban J connectivity index is 4.50. The Morgan fingerprint density at radius 2 is 1.83 bits per heavy atom. The quantitative estimate of drug-likeness (QED) is 0.480. The maximum atomic E-state index is 10.5. The van der Waals surface area contributed by atoms with Gasteiger partial charge in [0.15, 0.2) is 0 Å². The van der Waals surface area contributed by atoms with Crippen molar-refractivity contribution in [2.75, 3.05) is 0 Å². The fraction of sp³-hybridized carbons (Fsp3) is 0.923. The van der Waals surface area contributed by atoms with Crippen molar-refractivity contribution in [3.63, 3.8) is 0 Å². The van der Waals surface area contributed by atoms with Crippen LogP contribution in [-0.4, -0.2) is 27.3 Å². The predicted octanol–water partition coefficient (Wildman–Crippen LogP) is 2.53. The third-order valence-corrected chi connectivity index (χ3v) is 3.51. The highest BCUT2D eigenvalue weighted by Gasteiger charge is 2.36. The Morgan fingerprint density at radius 1 is 1.22 bits per heavy atom. The lowest BCUT2D eigenvalue weighted by molar-refractivity contribution is -0.220. The van der Waals surface area contributed by atoms with Crippen LogP contribution in [0.4, 0.5) is 4.79 Å². The second-order valence-corrected chi connectivity index (χ2v) is 4.91. The van der Waals surface area contributed by atoms with Crippen LogP contribution in [0.3, 0.4) is 0 Å². The molecule has 0 aliphatic rings. The van der Waals surface area contributed by atoms with Crippen molar-refractivity contribution >= 4 is 6.09 Å². The Morgan fingerprint density at radius 3 is 2.22 bits per heavy atom. The molecule has 2 unspecified atom stereocenters. The van der Waals surface area contributed by atoms with Crippen LogP contribution in [0, 0.1) is 11.8 Å². The molecule has 0 rings (SSSR count). The normalized spacial score (nSPS) is 15.2. The lowest BCUT2D eigenvalue weighted by Gasteiger charge is -2.32. The van der Waals surface area contributed by atoms with Gasteiger partial charge in [0.2, 0.25) is 0 Å². The molecule has 5 nitrogen and oxygen atoms in total. The molecule has 0 radical (unpaired) electrons. The summed E-state index contributed by atoms with van der Waals surface area (Å²) in [6.07, 6.45) is 3.98. The molecule has 0 saturated heterocycles. The van der Waals surface area contributed by atoms with Gasteiger partial charge in [-0.1, -0.05) is 46.5 Å². The smallest absolute Gasteiger partial charge is 0.408 e. The van der Waals surface area contributed by atoms with Crippen molar-refractivity contribution in [1.82, 2.24) is 5.32 Å². The largest absolute Gasteiger partial charge is 0.465 e. The minimum Gasteiger partial charge on any atom is -0.465 e. The second-order valence-electron chi connectivity index (χ2n) is 4.91. The fourth-order valence-corrected chi connectivity index (χ4v) is 2.26. The first-order chi connectivity index (χ1) is 8.37. The average molecular weight is 261 g/mol. The molecule has 2 atom stereocenters. The van der Waals surface area contributed by atoms with Crippen molar-refractivity contribution < 1.29 is 20.1 Å². The van der Waals surface area contributed by atoms with Crippen LogP contribution in [0.2, 0.25) is 0 Å². The van der Waals surface area contributed by atoms with Gasteiger partial charge >= 0.3 is 6.09 Å². The lowest BCUT2D eigenvalue weighted by atomic mass is 9.85. The number of hydrogen-bond donors (Lipinski definition) is 4. The third kappa shape index (κ3) is 6.21. The zero-order chi connectivity index (χ0) is 14.2. The number of unbranched alkanes of at least 4 members (excludes halogenated alkanes) is 1. The Hall–Kier alpha value is -0.810. The van der Waals surface area contributed by atoms with E-state index in [4.69, 9.17) is 5.11 Å². The van der Waals surface area contributed by atoms with E-state index in [1.54, 1.807) is 5.32 Å². The van der Waals surface area contributed by atoms with Crippen LogP contribution in [0.5, 0.6) is 0 Å². The van der Waals surface area contributed by atoms with Crippen molar-refractivity contribution in [3.05, 3.63) is 0 Å². The highest BCUT2D eigenvalue weighted by molar-refractivity contribution is 5.64. The van der Waals surface area contributed by atoms with Gasteiger partial charge in [0.1, 0.15) is 0 Å². The molecular weight excluding hydrogens is 234 g/mol. The molecule has 0 aliphatic heterocycles. The number of carbonyl (C=O) groups is 1. The molecule has 0 saturated carbocycles. The summed E-state index contributed by atoms with van der Waals surface area (Å²) in [5, 5.41) is 29.9. The van der Waals surface area contributed by atoms with Crippen LogP contribution in [0.1, 0.15) is 59.3 Å². The summed E-state index contributed by atoms with van der Waals surface area (Å²) in [5.74, 6) is -2.40. The van der Waals surface area contributed by atoms with Gasteiger partial charge in [-0.3, -0.25) is 5.32 Å². The summed E-state index contributed by atoms with van der Waals surface area (Å²) in [7, 11) is 0. The molecule has 18 heavy (non-hydrogen) atoms. The molecule has 0 fully saturated rings. The molecule has 1 amide bonds. The van der Waals surface area contributed by atoms with Crippen molar-refractivity contribution in [2.45, 2.75) is 65.2 Å². The van der Waals surface area contributed by atoms with E-state index in [0.717, 1.165) is 25.7 Å². The summed E-state index contributed by atoms with van der Waals surface area (Å²) < 4.78 is 0. The first-order valence-corrected chi connectivity index (χ1v) is 6.83. The number of hydrogen-bond acceptors (Lipinski definition) is 3. The topological polar surface area (TPSA) is 89.8 Å². The molecule has 0 bridgehead atoms. The van der Waals surface area contributed by atoms with Crippen molar-refractivity contribution in [3.8, 4) is 0 Å². The zero-order valence-corrected chi connectivity index (χ0v) is 11.6. The lowest BCUT2D eigenvalue weighted by Crippen LogP contribution is -2.53. The van der Waals surface area contributed by atoms with E-state index in [-0.39, 0.29) is 0 Å². The minimum absolute atomic E-state index is 0.407. The zero-order valence-electron chi connectivity index (χ0n) is 11.6. The fourth-order valence-electron chi connectivity index (χ4n) is 2.26. The molecule has 108 valence electrons. The highest BCUT2D eigenvalue weighted by Crippen LogP contribution is 2.28. The summed E-state index contributed by atoms with van der Waals surface area (Å²) >= 11 is 0. The Labute approximate surface area is 109 Å². The molecule has 0 aromatic carbocycles. The third-order valence-electron chi connectivity index (χ3n) is 3.51. The van der Waals surface area contributed by atoms with E-state index >= 15 is 0 Å². The first-order valence-electron chi connectivity index (χ1n) is 6.83. The van der Waals surface area contributed by atoms with E-state index in [0.29, 0.717) is 18.8 Å². The maximum absolute atomic E-state index is 10.5. The summed E-state index contributed by atoms with van der Waals surface area (Å²) in [4.78, 5) is 10.5. The van der Waals surface area contributed by atoms with E-state index in [1.807, 2.05) is 6.92 Å². The van der Waals surface area contributed by atoms with E-state index in [9.17, 15) is 15.0 Å². The van der Waals surface area contributed by atoms with Gasteiger partial charge in [0.05, 0.1) is 0 Å². The standard InChI is InChI=1S/C13H27NO4/c1-4-7-8-10(5-2)9-11(6-3)13(17,18)14-12(15)16/h10-11,14,17-18H,4-9H2,1-3H3,(H,15,16). The van der Waals surface area contributed by atoms with E-state index in [1.165, 1.54) is 0 Å². The van der Waals surface area contributed by atoms with Crippen LogP contribution >= 0.6 is 0 Å². The molecule has 0 aromatic heterocycles. The maximum Gasteiger partial charge on any atom is 0.408 e. The van der Waals surface area contributed by atoms with Gasteiger partial charge in [-0.15, -0.1) is 0 Å². The summed E-state index contributed by atoms with van der Waals surface area (Å²) in [5.41, 5.74) is 0. The molecule has 5 heteroatoms. The van der Waals surface area contributed by atoms with Gasteiger partial charge in [0, 0.05) is 5.92 Å². The Bertz CT molecular complexity index is 243. The molecule has 0 aliphatic carbocycles. The number of rotatable bonds is 9. The molecular formula is C13H27NO4. The number of nitrogens with one attached hydrogen (secondary N) is 1. The van der Waals surface area contributed by atoms with Gasteiger partial charge in [0.25, 0.3) is 5.91 Å². The summed E-state index contributed by atoms with van der Waals surface area (Å²) in [6, 6.07) is 0. The summed E-state index contributed by atoms with van der Waals surface area (Å²) in [6.45, 7) is 6.04. The van der Waals surface area contributed by atoms with Gasteiger partial charge in [-0.25, -0.2) is 4.79 Å². The number of amides is 1. The number of aliphatic hydroxyl groups is 2. The van der Waals surface area contributed by atoms with Crippen LogP contribution < -0.4 is 5.32 Å². The van der Waals surface area contributed by atoms with E-state index < -0.39 is 17.9 Å². The van der Waals surface area contributed by atoms with E-state index in [2.05, 4.69) is 13.8 Å².